The van der Waals surface area contributed by atoms with Crippen LogP contribution in [0.3, 0.4) is 0 Å². The Morgan fingerprint density at radius 1 is 1.36 bits per heavy atom. The van der Waals surface area contributed by atoms with E-state index in [1.807, 2.05) is 20.8 Å². The molecule has 0 radical (unpaired) electrons. The first kappa shape index (κ1) is 8.53. The summed E-state index contributed by atoms with van der Waals surface area (Å²) in [6.45, 7) is 6.80. The molecule has 0 bridgehead atoms. The van der Waals surface area contributed by atoms with Crippen LogP contribution in [0.4, 0.5) is 0 Å². The van der Waals surface area contributed by atoms with Crippen LogP contribution in [0, 0.1) is 5.41 Å². The largest absolute Gasteiger partial charge is 0.461 e. The second kappa shape index (κ2) is 2.81. The molecule has 1 unspecified atom stereocenters. The molecule has 0 saturated carbocycles. The molecule has 3 heteroatoms. The molecule has 0 aromatic carbocycles. The van der Waals surface area contributed by atoms with Gasteiger partial charge in [0.1, 0.15) is 6.61 Å². The van der Waals surface area contributed by atoms with Crippen LogP contribution < -0.4 is 0 Å². The summed E-state index contributed by atoms with van der Waals surface area (Å²) in [5.41, 5.74) is -0.155. The first-order valence-corrected chi connectivity index (χ1v) is 3.80. The lowest BCUT2D eigenvalue weighted by atomic mass is 9.89. The Bertz CT molecular complexity index is 157. The fourth-order valence-electron chi connectivity index (χ4n) is 1.06. The monoisotopic (exact) mass is 158 g/mol. The number of rotatable bonds is 0. The summed E-state index contributed by atoms with van der Waals surface area (Å²) < 4.78 is 10.1. The molecule has 1 aliphatic rings. The summed E-state index contributed by atoms with van der Waals surface area (Å²) in [6.07, 6.45) is -0.392. The highest BCUT2D eigenvalue weighted by atomic mass is 16.6. The first-order chi connectivity index (χ1) is 5.02. The minimum Gasteiger partial charge on any atom is -0.461 e. The van der Waals surface area contributed by atoms with E-state index in [9.17, 15) is 4.79 Å². The summed E-state index contributed by atoms with van der Waals surface area (Å²) in [5, 5.41) is 0. The number of cyclic esters (lactones) is 1. The lowest BCUT2D eigenvalue weighted by Gasteiger charge is -2.31. The summed E-state index contributed by atoms with van der Waals surface area (Å²) >= 11 is 0. The van der Waals surface area contributed by atoms with Gasteiger partial charge in [-0.25, -0.2) is 4.79 Å². The molecule has 1 rings (SSSR count). The van der Waals surface area contributed by atoms with E-state index in [0.29, 0.717) is 13.2 Å². The molecule has 0 aliphatic carbocycles. The van der Waals surface area contributed by atoms with Crippen molar-refractivity contribution in [3.05, 3.63) is 0 Å². The van der Waals surface area contributed by atoms with Gasteiger partial charge in [0.25, 0.3) is 0 Å². The normalized spacial score (nSPS) is 26.5. The van der Waals surface area contributed by atoms with Crippen molar-refractivity contribution in [1.82, 2.24) is 0 Å². The van der Waals surface area contributed by atoms with E-state index >= 15 is 0 Å². The van der Waals surface area contributed by atoms with Gasteiger partial charge in [-0.15, -0.1) is 0 Å². The lowest BCUT2D eigenvalue weighted by Crippen LogP contribution is -2.43. The zero-order valence-corrected chi connectivity index (χ0v) is 7.22. The molecule has 11 heavy (non-hydrogen) atoms. The van der Waals surface area contributed by atoms with Crippen LogP contribution in [0.2, 0.25) is 0 Å². The third-order valence-corrected chi connectivity index (χ3v) is 1.61. The predicted molar refractivity (Wildman–Crippen MR) is 40.2 cm³/mol. The Morgan fingerprint density at radius 2 is 2.00 bits per heavy atom. The summed E-state index contributed by atoms with van der Waals surface area (Å²) in [7, 11) is 0. The number of esters is 1. The number of carbonyl (C=O) groups is 1. The van der Waals surface area contributed by atoms with Gasteiger partial charge >= 0.3 is 5.97 Å². The molecule has 1 saturated heterocycles. The Morgan fingerprint density at radius 3 is 2.36 bits per heavy atom. The standard InChI is InChI=1S/C8H14O3/c1-8(2,3)6-7(9)11-5-4-10-6/h6H,4-5H2,1-3H3. The average molecular weight is 158 g/mol. The van der Waals surface area contributed by atoms with E-state index in [0.717, 1.165) is 0 Å². The van der Waals surface area contributed by atoms with Crippen molar-refractivity contribution in [2.24, 2.45) is 5.41 Å². The van der Waals surface area contributed by atoms with Crippen molar-refractivity contribution in [3.63, 3.8) is 0 Å². The number of hydrogen-bond acceptors (Lipinski definition) is 3. The van der Waals surface area contributed by atoms with Crippen molar-refractivity contribution >= 4 is 5.97 Å². The quantitative estimate of drug-likeness (QED) is 0.493. The summed E-state index contributed by atoms with van der Waals surface area (Å²) in [6, 6.07) is 0. The van der Waals surface area contributed by atoms with E-state index in [2.05, 4.69) is 0 Å². The van der Waals surface area contributed by atoms with Crippen molar-refractivity contribution in [1.29, 1.82) is 0 Å². The second-order valence-corrected chi connectivity index (χ2v) is 3.78. The third kappa shape index (κ3) is 1.93. The molecule has 0 N–H and O–H groups in total. The molecule has 1 fully saturated rings. The predicted octanol–water partition coefficient (Wildman–Crippen LogP) is 0.974. The second-order valence-electron chi connectivity index (χ2n) is 3.78. The Hall–Kier alpha value is -0.570. The molecular weight excluding hydrogens is 144 g/mol. The fraction of sp³-hybridized carbons (Fsp3) is 0.875. The molecule has 0 aromatic heterocycles. The maximum Gasteiger partial charge on any atom is 0.335 e. The van der Waals surface area contributed by atoms with Crippen LogP contribution in [0.25, 0.3) is 0 Å². The SMILES string of the molecule is CC(C)(C)C1OCCOC1=O. The van der Waals surface area contributed by atoms with Gasteiger partial charge < -0.3 is 9.47 Å². The van der Waals surface area contributed by atoms with E-state index in [4.69, 9.17) is 9.47 Å². The van der Waals surface area contributed by atoms with Gasteiger partial charge in [0.05, 0.1) is 6.61 Å². The van der Waals surface area contributed by atoms with Crippen molar-refractivity contribution in [3.8, 4) is 0 Å². The lowest BCUT2D eigenvalue weighted by molar-refractivity contribution is -0.181. The molecule has 1 heterocycles. The average Bonchev–Trinajstić information content (AvgIpc) is 1.86. The van der Waals surface area contributed by atoms with Crippen LogP contribution >= 0.6 is 0 Å². The van der Waals surface area contributed by atoms with Crippen LogP contribution in [-0.4, -0.2) is 25.3 Å². The highest BCUT2D eigenvalue weighted by molar-refractivity contribution is 5.76. The van der Waals surface area contributed by atoms with Crippen molar-refractivity contribution in [2.45, 2.75) is 26.9 Å². The Balaban J connectivity index is 2.62. The van der Waals surface area contributed by atoms with Gasteiger partial charge in [0.15, 0.2) is 6.10 Å². The van der Waals surface area contributed by atoms with Gasteiger partial charge in [-0.3, -0.25) is 0 Å². The Labute approximate surface area is 66.7 Å². The number of ether oxygens (including phenoxy) is 2. The van der Waals surface area contributed by atoms with E-state index in [1.165, 1.54) is 0 Å². The molecule has 0 aromatic rings. The maximum atomic E-state index is 11.1. The molecule has 0 amide bonds. The van der Waals surface area contributed by atoms with Crippen molar-refractivity contribution in [2.75, 3.05) is 13.2 Å². The van der Waals surface area contributed by atoms with Crippen LogP contribution in [0.15, 0.2) is 0 Å². The van der Waals surface area contributed by atoms with E-state index < -0.39 is 6.10 Å². The maximum absolute atomic E-state index is 11.1. The highest BCUT2D eigenvalue weighted by Gasteiger charge is 2.35. The summed E-state index contributed by atoms with van der Waals surface area (Å²) in [4.78, 5) is 11.1. The number of hydrogen-bond donors (Lipinski definition) is 0. The first-order valence-electron chi connectivity index (χ1n) is 3.80. The van der Waals surface area contributed by atoms with Gasteiger partial charge in [0, 0.05) is 0 Å². The number of carbonyl (C=O) groups excluding carboxylic acids is 1. The van der Waals surface area contributed by atoms with Crippen molar-refractivity contribution < 1.29 is 14.3 Å². The topological polar surface area (TPSA) is 35.5 Å². The third-order valence-electron chi connectivity index (χ3n) is 1.61. The molecule has 0 spiro atoms. The summed E-state index contributed by atoms with van der Waals surface area (Å²) in [5.74, 6) is -0.233. The zero-order chi connectivity index (χ0) is 8.48. The fourth-order valence-corrected chi connectivity index (χ4v) is 1.06. The van der Waals surface area contributed by atoms with Gasteiger partial charge in [-0.2, -0.15) is 0 Å². The van der Waals surface area contributed by atoms with Crippen LogP contribution in [0.5, 0.6) is 0 Å². The van der Waals surface area contributed by atoms with Gasteiger partial charge in [-0.1, -0.05) is 20.8 Å². The minimum absolute atomic E-state index is 0.155. The molecule has 1 atom stereocenters. The Kier molecular flexibility index (Phi) is 2.18. The van der Waals surface area contributed by atoms with Crippen LogP contribution in [-0.2, 0) is 14.3 Å². The minimum atomic E-state index is -0.392. The van der Waals surface area contributed by atoms with Gasteiger partial charge in [0.2, 0.25) is 0 Å². The molecule has 1 aliphatic heterocycles. The van der Waals surface area contributed by atoms with Crippen LogP contribution in [0.1, 0.15) is 20.8 Å². The van der Waals surface area contributed by atoms with Gasteiger partial charge in [-0.05, 0) is 5.41 Å². The highest BCUT2D eigenvalue weighted by Crippen LogP contribution is 2.24. The molecule has 64 valence electrons. The smallest absolute Gasteiger partial charge is 0.335 e. The zero-order valence-electron chi connectivity index (χ0n) is 7.22. The molecular formula is C8H14O3. The molecule has 3 nitrogen and oxygen atoms in total. The van der Waals surface area contributed by atoms with E-state index in [1.54, 1.807) is 0 Å². The van der Waals surface area contributed by atoms with E-state index in [-0.39, 0.29) is 11.4 Å².